The van der Waals surface area contributed by atoms with Crippen molar-refractivity contribution in [3.05, 3.63) is 67.2 Å². The largest absolute Gasteiger partial charge is 0.348 e. The Morgan fingerprint density at radius 1 is 1.10 bits per heavy atom. The van der Waals surface area contributed by atoms with Crippen LogP contribution in [0.25, 0.3) is 0 Å². The van der Waals surface area contributed by atoms with Crippen molar-refractivity contribution in [2.45, 2.75) is 6.92 Å². The van der Waals surface area contributed by atoms with Crippen LogP contribution in [0.4, 0.5) is 22.7 Å². The summed E-state index contributed by atoms with van der Waals surface area (Å²) in [4.78, 5) is 20.4. The Morgan fingerprint density at radius 3 is 2.38 bits per heavy atom. The van der Waals surface area contributed by atoms with Crippen molar-refractivity contribution < 1.29 is 9.85 Å². The van der Waals surface area contributed by atoms with Crippen LogP contribution in [0.15, 0.2) is 36.4 Å². The van der Waals surface area contributed by atoms with Gasteiger partial charge in [0.2, 0.25) is 0 Å². The fourth-order valence-corrected chi connectivity index (χ4v) is 2.08. The maximum Gasteiger partial charge on any atom is 0.299 e. The number of benzene rings is 2. The smallest absolute Gasteiger partial charge is 0.299 e. The second-order valence-corrected chi connectivity index (χ2v) is 4.68. The van der Waals surface area contributed by atoms with Crippen LogP contribution in [0.5, 0.6) is 0 Å². The van der Waals surface area contributed by atoms with Gasteiger partial charge >= 0.3 is 0 Å². The van der Waals surface area contributed by atoms with Crippen molar-refractivity contribution in [1.82, 2.24) is 0 Å². The molecule has 0 spiro atoms. The summed E-state index contributed by atoms with van der Waals surface area (Å²) in [6.45, 7) is 1.80. The van der Waals surface area contributed by atoms with E-state index in [9.17, 15) is 20.2 Å². The first-order chi connectivity index (χ1) is 9.90. The van der Waals surface area contributed by atoms with E-state index in [2.05, 4.69) is 5.32 Å². The quantitative estimate of drug-likeness (QED) is 0.674. The van der Waals surface area contributed by atoms with Gasteiger partial charge in [0.05, 0.1) is 26.6 Å². The number of anilines is 2. The molecule has 108 valence electrons. The summed E-state index contributed by atoms with van der Waals surface area (Å²) >= 11 is 6.05. The topological polar surface area (TPSA) is 98.3 Å². The summed E-state index contributed by atoms with van der Waals surface area (Å²) in [5.74, 6) is 0. The molecule has 0 aromatic heterocycles. The molecule has 0 aliphatic carbocycles. The van der Waals surface area contributed by atoms with E-state index in [1.807, 2.05) is 0 Å². The number of non-ortho nitro benzene ring substituents is 1. The highest BCUT2D eigenvalue weighted by Crippen LogP contribution is 2.34. The predicted octanol–water partition coefficient (Wildman–Crippen LogP) is 4.21. The van der Waals surface area contributed by atoms with Gasteiger partial charge in [0.1, 0.15) is 5.69 Å². The van der Waals surface area contributed by atoms with E-state index in [1.54, 1.807) is 25.1 Å². The first-order valence-electron chi connectivity index (χ1n) is 5.85. The van der Waals surface area contributed by atoms with Gasteiger partial charge < -0.3 is 5.32 Å². The number of halogens is 1. The molecule has 0 atom stereocenters. The summed E-state index contributed by atoms with van der Waals surface area (Å²) in [5, 5.41) is 25.0. The molecule has 0 saturated carbocycles. The van der Waals surface area contributed by atoms with Crippen LogP contribution in [0.3, 0.4) is 0 Å². The number of nitro benzene ring substituents is 2. The zero-order chi connectivity index (χ0) is 15.6. The molecule has 1 N–H and O–H groups in total. The van der Waals surface area contributed by atoms with E-state index in [0.717, 1.165) is 11.6 Å². The summed E-state index contributed by atoms with van der Waals surface area (Å²) in [7, 11) is 0. The van der Waals surface area contributed by atoms with Crippen molar-refractivity contribution in [2.24, 2.45) is 0 Å². The standard InChI is InChI=1S/C13H10ClN3O4/c1-8-3-2-4-10(14)13(8)15-11-6-5-9(16(18)19)7-12(11)17(20)21/h2-7,15H,1H3. The van der Waals surface area contributed by atoms with Crippen LogP contribution in [0.1, 0.15) is 5.56 Å². The lowest BCUT2D eigenvalue weighted by Crippen LogP contribution is -2.00. The van der Waals surface area contributed by atoms with Gasteiger partial charge in [-0.05, 0) is 24.6 Å². The van der Waals surface area contributed by atoms with E-state index < -0.39 is 9.85 Å². The molecule has 7 nitrogen and oxygen atoms in total. The molecule has 0 radical (unpaired) electrons. The highest BCUT2D eigenvalue weighted by molar-refractivity contribution is 6.33. The maximum absolute atomic E-state index is 11.1. The van der Waals surface area contributed by atoms with Gasteiger partial charge in [0.15, 0.2) is 0 Å². The minimum absolute atomic E-state index is 0.141. The van der Waals surface area contributed by atoms with Crippen molar-refractivity contribution in [3.8, 4) is 0 Å². The van der Waals surface area contributed by atoms with Crippen LogP contribution >= 0.6 is 11.6 Å². The molecule has 0 aliphatic heterocycles. The molecule has 0 amide bonds. The Labute approximate surface area is 124 Å². The molecule has 2 rings (SSSR count). The lowest BCUT2D eigenvalue weighted by Gasteiger charge is -2.11. The van der Waals surface area contributed by atoms with Gasteiger partial charge in [0, 0.05) is 6.07 Å². The summed E-state index contributed by atoms with van der Waals surface area (Å²) in [6, 6.07) is 8.60. The number of nitrogens with zero attached hydrogens (tertiary/aromatic N) is 2. The second kappa shape index (κ2) is 5.76. The first kappa shape index (κ1) is 14.7. The predicted molar refractivity (Wildman–Crippen MR) is 79.2 cm³/mol. The minimum Gasteiger partial charge on any atom is -0.348 e. The Kier molecular flexibility index (Phi) is 4.04. The summed E-state index contributed by atoms with van der Waals surface area (Å²) in [6.07, 6.45) is 0. The third kappa shape index (κ3) is 3.09. The zero-order valence-electron chi connectivity index (χ0n) is 10.9. The normalized spacial score (nSPS) is 10.2. The van der Waals surface area contributed by atoms with Crippen molar-refractivity contribution >= 4 is 34.4 Å². The van der Waals surface area contributed by atoms with Crippen LogP contribution in [0.2, 0.25) is 5.02 Å². The number of para-hydroxylation sites is 1. The Balaban J connectivity index is 2.49. The highest BCUT2D eigenvalue weighted by Gasteiger charge is 2.20. The summed E-state index contributed by atoms with van der Waals surface area (Å²) in [5.41, 5.74) is 0.736. The van der Waals surface area contributed by atoms with Crippen LogP contribution in [0, 0.1) is 27.2 Å². The molecule has 0 aliphatic rings. The minimum atomic E-state index is -0.683. The van der Waals surface area contributed by atoms with E-state index in [1.165, 1.54) is 12.1 Å². The zero-order valence-corrected chi connectivity index (χ0v) is 11.6. The van der Waals surface area contributed by atoms with Gasteiger partial charge in [-0.15, -0.1) is 0 Å². The van der Waals surface area contributed by atoms with Crippen molar-refractivity contribution in [2.75, 3.05) is 5.32 Å². The van der Waals surface area contributed by atoms with Gasteiger partial charge in [0.25, 0.3) is 11.4 Å². The number of nitrogens with one attached hydrogen (secondary N) is 1. The Bertz CT molecular complexity index is 713. The molecular formula is C13H10ClN3O4. The lowest BCUT2D eigenvalue weighted by molar-refractivity contribution is -0.393. The molecule has 0 bridgehead atoms. The SMILES string of the molecule is Cc1cccc(Cl)c1Nc1ccc([N+](=O)[O-])cc1[N+](=O)[O-]. The summed E-state index contributed by atoms with van der Waals surface area (Å²) < 4.78 is 0. The van der Waals surface area contributed by atoms with E-state index in [0.29, 0.717) is 10.7 Å². The van der Waals surface area contributed by atoms with E-state index in [-0.39, 0.29) is 17.1 Å². The average Bonchev–Trinajstić information content (AvgIpc) is 2.42. The van der Waals surface area contributed by atoms with Crippen LogP contribution in [-0.4, -0.2) is 9.85 Å². The molecule has 0 heterocycles. The maximum atomic E-state index is 11.1. The fourth-order valence-electron chi connectivity index (χ4n) is 1.82. The average molecular weight is 308 g/mol. The molecule has 0 unspecified atom stereocenters. The number of hydrogen-bond donors (Lipinski definition) is 1. The van der Waals surface area contributed by atoms with Crippen molar-refractivity contribution in [1.29, 1.82) is 0 Å². The van der Waals surface area contributed by atoms with Crippen molar-refractivity contribution in [3.63, 3.8) is 0 Å². The van der Waals surface area contributed by atoms with Crippen LogP contribution in [-0.2, 0) is 0 Å². The number of nitro groups is 2. The monoisotopic (exact) mass is 307 g/mol. The Hall–Kier alpha value is -2.67. The third-order valence-electron chi connectivity index (χ3n) is 2.87. The lowest BCUT2D eigenvalue weighted by atomic mass is 10.1. The molecule has 8 heteroatoms. The number of aryl methyl sites for hydroxylation is 1. The highest BCUT2D eigenvalue weighted by atomic mass is 35.5. The van der Waals surface area contributed by atoms with Gasteiger partial charge in [-0.3, -0.25) is 20.2 Å². The Morgan fingerprint density at radius 2 is 1.81 bits per heavy atom. The first-order valence-corrected chi connectivity index (χ1v) is 6.23. The molecule has 2 aromatic carbocycles. The van der Waals surface area contributed by atoms with Gasteiger partial charge in [-0.25, -0.2) is 0 Å². The van der Waals surface area contributed by atoms with E-state index >= 15 is 0 Å². The van der Waals surface area contributed by atoms with Crippen LogP contribution < -0.4 is 5.32 Å². The molecule has 2 aromatic rings. The molecule has 0 fully saturated rings. The molecule has 0 saturated heterocycles. The fraction of sp³-hybridized carbons (Fsp3) is 0.0769. The second-order valence-electron chi connectivity index (χ2n) is 4.27. The van der Waals surface area contributed by atoms with Gasteiger partial charge in [-0.1, -0.05) is 23.7 Å². The molecular weight excluding hydrogens is 298 g/mol. The van der Waals surface area contributed by atoms with Gasteiger partial charge in [-0.2, -0.15) is 0 Å². The molecule has 21 heavy (non-hydrogen) atoms. The third-order valence-corrected chi connectivity index (χ3v) is 3.19. The van der Waals surface area contributed by atoms with E-state index in [4.69, 9.17) is 11.6 Å². The number of hydrogen-bond acceptors (Lipinski definition) is 5. The number of rotatable bonds is 4.